The summed E-state index contributed by atoms with van der Waals surface area (Å²) in [7, 11) is 0. The van der Waals surface area contributed by atoms with E-state index in [0.717, 1.165) is 24.2 Å². The van der Waals surface area contributed by atoms with Crippen molar-refractivity contribution >= 4 is 17.5 Å². The molecule has 1 rings (SSSR count). The van der Waals surface area contributed by atoms with Crippen LogP contribution < -0.4 is 10.6 Å². The molecule has 0 radical (unpaired) electrons. The zero-order chi connectivity index (χ0) is 15.9. The van der Waals surface area contributed by atoms with Gasteiger partial charge in [-0.2, -0.15) is 0 Å². The topological polar surface area (TPSA) is 50.4 Å². The number of anilines is 2. The van der Waals surface area contributed by atoms with Gasteiger partial charge in [0.05, 0.1) is 11.4 Å². The van der Waals surface area contributed by atoms with E-state index in [1.54, 1.807) is 0 Å². The second kappa shape index (κ2) is 7.72. The molecule has 0 aliphatic rings. The van der Waals surface area contributed by atoms with Crippen LogP contribution in [0.15, 0.2) is 36.9 Å². The Morgan fingerprint density at radius 1 is 1.33 bits per heavy atom. The minimum atomic E-state index is -0.510. The maximum absolute atomic E-state index is 11.9. The Labute approximate surface area is 127 Å². The van der Waals surface area contributed by atoms with Gasteiger partial charge in [-0.1, -0.05) is 18.2 Å². The largest absolute Gasteiger partial charge is 0.444 e. The van der Waals surface area contributed by atoms with Crippen molar-refractivity contribution in [3.63, 3.8) is 0 Å². The number of ether oxygens (including phenoxy) is 1. The number of hydrogen-bond acceptors (Lipinski definition) is 3. The lowest BCUT2D eigenvalue weighted by atomic mass is 10.1. The first-order valence-corrected chi connectivity index (χ1v) is 7.28. The van der Waals surface area contributed by atoms with Crippen molar-refractivity contribution in [1.29, 1.82) is 0 Å². The lowest BCUT2D eigenvalue weighted by Crippen LogP contribution is -2.27. The van der Waals surface area contributed by atoms with E-state index in [4.69, 9.17) is 4.74 Å². The molecule has 1 atom stereocenters. The molecule has 4 heteroatoms. The average Bonchev–Trinajstić information content (AvgIpc) is 2.36. The molecular formula is C17H26N2O2. The molecule has 0 aromatic heterocycles. The maximum atomic E-state index is 11.9. The molecule has 2 N–H and O–H groups in total. The molecule has 0 saturated carbocycles. The van der Waals surface area contributed by atoms with Crippen LogP contribution in [0.25, 0.3) is 0 Å². The normalized spacial score (nSPS) is 12.4. The van der Waals surface area contributed by atoms with Crippen LogP contribution in [-0.2, 0) is 4.74 Å². The summed E-state index contributed by atoms with van der Waals surface area (Å²) in [6.45, 7) is 11.4. The van der Waals surface area contributed by atoms with E-state index < -0.39 is 11.7 Å². The molecule has 0 aliphatic heterocycles. The van der Waals surface area contributed by atoms with Gasteiger partial charge < -0.3 is 10.1 Å². The predicted octanol–water partition coefficient (Wildman–Crippen LogP) is 4.80. The highest BCUT2D eigenvalue weighted by Gasteiger charge is 2.17. The van der Waals surface area contributed by atoms with Gasteiger partial charge in [-0.15, -0.1) is 6.58 Å². The molecule has 0 bridgehead atoms. The van der Waals surface area contributed by atoms with Crippen LogP contribution in [0, 0.1) is 0 Å². The third kappa shape index (κ3) is 6.84. The summed E-state index contributed by atoms with van der Waals surface area (Å²) in [5.41, 5.74) is 1.10. The summed E-state index contributed by atoms with van der Waals surface area (Å²) in [6.07, 6.45) is 3.40. The van der Waals surface area contributed by atoms with E-state index in [9.17, 15) is 4.79 Å². The summed E-state index contributed by atoms with van der Waals surface area (Å²) in [4.78, 5) is 11.9. The van der Waals surface area contributed by atoms with E-state index in [0.29, 0.717) is 6.04 Å². The van der Waals surface area contributed by atoms with Crippen molar-refractivity contribution in [2.24, 2.45) is 0 Å². The Bertz CT molecular complexity index is 478. The Kier molecular flexibility index (Phi) is 6.28. The number of carbonyl (C=O) groups is 1. The second-order valence-corrected chi connectivity index (χ2v) is 6.08. The summed E-state index contributed by atoms with van der Waals surface area (Å²) < 4.78 is 5.28. The Balaban J connectivity index is 2.70. The minimum Gasteiger partial charge on any atom is -0.444 e. The lowest BCUT2D eigenvalue weighted by Gasteiger charge is -2.21. The van der Waals surface area contributed by atoms with Crippen LogP contribution in [0.4, 0.5) is 16.2 Å². The van der Waals surface area contributed by atoms with Gasteiger partial charge in [0.15, 0.2) is 0 Å². The number of allylic oxidation sites excluding steroid dienone is 1. The molecule has 1 aromatic rings. The van der Waals surface area contributed by atoms with E-state index in [-0.39, 0.29) is 0 Å². The van der Waals surface area contributed by atoms with Crippen molar-refractivity contribution in [2.75, 3.05) is 10.6 Å². The van der Waals surface area contributed by atoms with Crippen molar-refractivity contribution in [3.8, 4) is 0 Å². The third-order valence-corrected chi connectivity index (χ3v) is 2.77. The quantitative estimate of drug-likeness (QED) is 0.740. The summed E-state index contributed by atoms with van der Waals surface area (Å²) >= 11 is 0. The SMILES string of the molecule is C=CCCC(C)Nc1ccccc1NC(=O)OC(C)(C)C. The van der Waals surface area contributed by atoms with Gasteiger partial charge in [-0.25, -0.2) is 4.79 Å². The molecule has 0 heterocycles. The molecule has 1 aromatic carbocycles. The zero-order valence-electron chi connectivity index (χ0n) is 13.4. The minimum absolute atomic E-state index is 0.296. The van der Waals surface area contributed by atoms with Crippen LogP contribution in [0.2, 0.25) is 0 Å². The fourth-order valence-corrected chi connectivity index (χ4v) is 1.84. The zero-order valence-corrected chi connectivity index (χ0v) is 13.4. The molecule has 21 heavy (non-hydrogen) atoms. The van der Waals surface area contributed by atoms with Gasteiger partial charge in [-0.05, 0) is 52.7 Å². The molecule has 4 nitrogen and oxygen atoms in total. The van der Waals surface area contributed by atoms with Gasteiger partial charge in [0.2, 0.25) is 0 Å². The van der Waals surface area contributed by atoms with Crippen molar-refractivity contribution in [2.45, 2.75) is 52.2 Å². The molecule has 1 amide bonds. The van der Waals surface area contributed by atoms with Crippen molar-refractivity contribution in [1.82, 2.24) is 0 Å². The molecule has 0 saturated heterocycles. The monoisotopic (exact) mass is 290 g/mol. The second-order valence-electron chi connectivity index (χ2n) is 6.08. The first kappa shape index (κ1) is 17.1. The Morgan fingerprint density at radius 3 is 2.52 bits per heavy atom. The number of rotatable bonds is 6. The van der Waals surface area contributed by atoms with Crippen LogP contribution >= 0.6 is 0 Å². The molecule has 0 spiro atoms. The molecular weight excluding hydrogens is 264 g/mol. The highest BCUT2D eigenvalue weighted by molar-refractivity contribution is 5.89. The number of para-hydroxylation sites is 2. The van der Waals surface area contributed by atoms with E-state index >= 15 is 0 Å². The smallest absolute Gasteiger partial charge is 0.412 e. The fraction of sp³-hybridized carbons (Fsp3) is 0.471. The first-order valence-electron chi connectivity index (χ1n) is 7.28. The first-order chi connectivity index (χ1) is 9.81. The number of amides is 1. The van der Waals surface area contributed by atoms with E-state index in [1.807, 2.05) is 51.1 Å². The Morgan fingerprint density at radius 2 is 1.95 bits per heavy atom. The van der Waals surface area contributed by atoms with Gasteiger partial charge in [0.1, 0.15) is 5.60 Å². The molecule has 0 fully saturated rings. The van der Waals surface area contributed by atoms with Gasteiger partial charge in [0, 0.05) is 6.04 Å². The van der Waals surface area contributed by atoms with Crippen molar-refractivity contribution < 1.29 is 9.53 Å². The number of hydrogen-bond donors (Lipinski definition) is 2. The van der Waals surface area contributed by atoms with Gasteiger partial charge >= 0.3 is 6.09 Å². The van der Waals surface area contributed by atoms with Crippen molar-refractivity contribution in [3.05, 3.63) is 36.9 Å². The fourth-order valence-electron chi connectivity index (χ4n) is 1.84. The highest BCUT2D eigenvalue weighted by Crippen LogP contribution is 2.23. The molecule has 1 unspecified atom stereocenters. The maximum Gasteiger partial charge on any atom is 0.412 e. The van der Waals surface area contributed by atoms with Crippen LogP contribution in [0.3, 0.4) is 0 Å². The van der Waals surface area contributed by atoms with Crippen LogP contribution in [0.1, 0.15) is 40.5 Å². The third-order valence-electron chi connectivity index (χ3n) is 2.77. The van der Waals surface area contributed by atoms with Crippen LogP contribution in [-0.4, -0.2) is 17.7 Å². The van der Waals surface area contributed by atoms with E-state index in [2.05, 4.69) is 24.1 Å². The number of nitrogens with one attached hydrogen (secondary N) is 2. The summed E-state index contributed by atoms with van der Waals surface area (Å²) in [5, 5.41) is 6.18. The molecule has 116 valence electrons. The average molecular weight is 290 g/mol. The van der Waals surface area contributed by atoms with Crippen LogP contribution in [0.5, 0.6) is 0 Å². The summed E-state index contributed by atoms with van der Waals surface area (Å²) in [6, 6.07) is 7.91. The van der Waals surface area contributed by atoms with Gasteiger partial charge in [-0.3, -0.25) is 5.32 Å². The lowest BCUT2D eigenvalue weighted by molar-refractivity contribution is 0.0636. The Hall–Kier alpha value is -1.97. The number of carbonyl (C=O) groups excluding carboxylic acids is 1. The van der Waals surface area contributed by atoms with Gasteiger partial charge in [0.25, 0.3) is 0 Å². The number of benzene rings is 1. The molecule has 0 aliphatic carbocycles. The highest BCUT2D eigenvalue weighted by atomic mass is 16.6. The predicted molar refractivity (Wildman–Crippen MR) is 88.8 cm³/mol. The standard InChI is InChI=1S/C17H26N2O2/c1-6-7-10-13(2)18-14-11-8-9-12-15(14)19-16(20)21-17(3,4)5/h6,8-9,11-13,18H,1,7,10H2,2-5H3,(H,19,20). The summed E-state index contributed by atoms with van der Waals surface area (Å²) in [5.74, 6) is 0. The van der Waals surface area contributed by atoms with E-state index in [1.165, 1.54) is 0 Å².